The van der Waals surface area contributed by atoms with E-state index in [2.05, 4.69) is 43.5 Å². The second kappa shape index (κ2) is 12.0. The number of nitrogens with one attached hydrogen (secondary N) is 2. The third-order valence-electron chi connectivity index (χ3n) is 5.59. The molecule has 5 heteroatoms. The molecular formula is C30H36N2O2S. The number of hydrogen-bond acceptors (Lipinski definition) is 3. The molecule has 0 aliphatic heterocycles. The number of thiocarbonyl (C=S) groups is 1. The maximum absolute atomic E-state index is 13.0. The van der Waals surface area contributed by atoms with Crippen molar-refractivity contribution in [1.82, 2.24) is 5.32 Å². The number of benzene rings is 3. The van der Waals surface area contributed by atoms with Gasteiger partial charge in [-0.2, -0.15) is 0 Å². The molecule has 0 atom stereocenters. The molecule has 0 aliphatic rings. The molecular weight excluding hydrogens is 452 g/mol. The smallest absolute Gasteiger partial charge is 0.193 e. The highest BCUT2D eigenvalue weighted by Gasteiger charge is 2.15. The zero-order valence-electron chi connectivity index (χ0n) is 21.4. The normalized spacial score (nSPS) is 11.3. The fourth-order valence-electron chi connectivity index (χ4n) is 3.74. The Hall–Kier alpha value is -3.18. The minimum Gasteiger partial charge on any atom is -0.491 e. The molecule has 0 fully saturated rings. The van der Waals surface area contributed by atoms with E-state index in [1.54, 1.807) is 0 Å². The summed E-state index contributed by atoms with van der Waals surface area (Å²) >= 11 is 5.46. The van der Waals surface area contributed by atoms with Crippen molar-refractivity contribution in [2.45, 2.75) is 59.0 Å². The summed E-state index contributed by atoms with van der Waals surface area (Å²) in [6, 6.07) is 23.5. The van der Waals surface area contributed by atoms with Crippen molar-refractivity contribution in [3.8, 4) is 5.75 Å². The Balaban J connectivity index is 1.50. The fraction of sp³-hybridized carbons (Fsp3) is 0.333. The summed E-state index contributed by atoms with van der Waals surface area (Å²) in [6.07, 6.45) is 2.04. The Morgan fingerprint density at radius 3 is 2.34 bits per heavy atom. The quantitative estimate of drug-likeness (QED) is 0.194. The van der Waals surface area contributed by atoms with Gasteiger partial charge in [0.05, 0.1) is 6.10 Å². The first-order chi connectivity index (χ1) is 16.6. The molecule has 0 unspecified atom stereocenters. The second-order valence-corrected chi connectivity index (χ2v) is 10.4. The van der Waals surface area contributed by atoms with Gasteiger partial charge in [0, 0.05) is 23.4 Å². The highest BCUT2D eigenvalue weighted by molar-refractivity contribution is 7.80. The first-order valence-electron chi connectivity index (χ1n) is 12.2. The molecule has 3 aromatic rings. The molecule has 0 heterocycles. The molecule has 3 aromatic carbocycles. The molecule has 3 rings (SSSR count). The number of carbonyl (C=O) groups is 1. The highest BCUT2D eigenvalue weighted by Crippen LogP contribution is 2.23. The van der Waals surface area contributed by atoms with Crippen molar-refractivity contribution in [3.63, 3.8) is 0 Å². The lowest BCUT2D eigenvalue weighted by molar-refractivity contribution is 0.103. The van der Waals surface area contributed by atoms with Crippen LogP contribution in [-0.2, 0) is 11.8 Å². The van der Waals surface area contributed by atoms with E-state index in [0.29, 0.717) is 16.2 Å². The van der Waals surface area contributed by atoms with Crippen molar-refractivity contribution < 1.29 is 9.53 Å². The number of ether oxygens (including phenoxy) is 1. The third kappa shape index (κ3) is 8.22. The van der Waals surface area contributed by atoms with Crippen LogP contribution >= 0.6 is 12.2 Å². The SMILES string of the molecule is CC(C)Oc1cccc(CCCNC(=S)Nc2cccc(C(=O)c3ccc(C(C)(C)C)cc3)c2)c1. The standard InChI is InChI=1S/C30H36N2O2S/c1-21(2)34-27-13-6-9-22(19-27)10-8-18-31-29(35)32-26-12-7-11-24(20-26)28(33)23-14-16-25(17-15-23)30(3,4)5/h6-7,9,11-17,19-21H,8,10,18H2,1-5H3,(H2,31,32,35). The van der Waals surface area contributed by atoms with Gasteiger partial charge in [-0.15, -0.1) is 0 Å². The number of anilines is 1. The van der Waals surface area contributed by atoms with E-state index in [-0.39, 0.29) is 17.3 Å². The van der Waals surface area contributed by atoms with Crippen LogP contribution in [0.5, 0.6) is 5.75 Å². The average molecular weight is 489 g/mol. The molecule has 4 nitrogen and oxygen atoms in total. The Kier molecular flexibility index (Phi) is 9.05. The minimum absolute atomic E-state index is 0.00309. The van der Waals surface area contributed by atoms with Gasteiger partial charge in [0.15, 0.2) is 10.9 Å². The Bertz CT molecular complexity index is 1150. The lowest BCUT2D eigenvalue weighted by Crippen LogP contribution is -2.29. The Morgan fingerprint density at radius 1 is 0.943 bits per heavy atom. The summed E-state index contributed by atoms with van der Waals surface area (Å²) in [6.45, 7) is 11.3. The zero-order chi connectivity index (χ0) is 25.4. The molecule has 2 N–H and O–H groups in total. The summed E-state index contributed by atoms with van der Waals surface area (Å²) in [5.74, 6) is 0.902. The lowest BCUT2D eigenvalue weighted by Gasteiger charge is -2.19. The number of carbonyl (C=O) groups excluding carboxylic acids is 1. The maximum Gasteiger partial charge on any atom is 0.193 e. The van der Waals surface area contributed by atoms with E-state index < -0.39 is 0 Å². The van der Waals surface area contributed by atoms with Crippen LogP contribution in [0.4, 0.5) is 5.69 Å². The second-order valence-electron chi connectivity index (χ2n) is 10.0. The van der Waals surface area contributed by atoms with Gasteiger partial charge < -0.3 is 15.4 Å². The fourth-order valence-corrected chi connectivity index (χ4v) is 3.96. The Morgan fingerprint density at radius 2 is 1.66 bits per heavy atom. The van der Waals surface area contributed by atoms with Crippen LogP contribution in [0.2, 0.25) is 0 Å². The molecule has 184 valence electrons. The number of aryl methyl sites for hydroxylation is 1. The first kappa shape index (κ1) is 26.4. The summed E-state index contributed by atoms with van der Waals surface area (Å²) in [5, 5.41) is 6.99. The molecule has 0 amide bonds. The third-order valence-corrected chi connectivity index (χ3v) is 5.84. The summed E-state index contributed by atoms with van der Waals surface area (Å²) in [5.41, 5.74) is 4.60. The molecule has 0 saturated carbocycles. The van der Waals surface area contributed by atoms with Gasteiger partial charge in [0.1, 0.15) is 5.75 Å². The van der Waals surface area contributed by atoms with Crippen LogP contribution in [0, 0.1) is 0 Å². The number of ketones is 1. The summed E-state index contributed by atoms with van der Waals surface area (Å²) in [4.78, 5) is 13.0. The van der Waals surface area contributed by atoms with Gasteiger partial charge in [0.25, 0.3) is 0 Å². The number of hydrogen-bond donors (Lipinski definition) is 2. The highest BCUT2D eigenvalue weighted by atomic mass is 32.1. The van der Waals surface area contributed by atoms with Crippen LogP contribution < -0.4 is 15.4 Å². The largest absolute Gasteiger partial charge is 0.491 e. The Labute approximate surface area is 215 Å². The van der Waals surface area contributed by atoms with E-state index in [4.69, 9.17) is 17.0 Å². The molecule has 0 radical (unpaired) electrons. The van der Waals surface area contributed by atoms with E-state index in [1.165, 1.54) is 11.1 Å². The molecule has 0 spiro atoms. The monoisotopic (exact) mass is 488 g/mol. The van der Waals surface area contributed by atoms with Crippen molar-refractivity contribution in [3.05, 3.63) is 95.1 Å². The number of rotatable bonds is 9. The zero-order valence-corrected chi connectivity index (χ0v) is 22.2. The van der Waals surface area contributed by atoms with E-state index in [9.17, 15) is 4.79 Å². The van der Waals surface area contributed by atoms with Crippen LogP contribution in [0.25, 0.3) is 0 Å². The predicted octanol–water partition coefficient (Wildman–Crippen LogP) is 6.92. The summed E-state index contributed by atoms with van der Waals surface area (Å²) in [7, 11) is 0. The molecule has 35 heavy (non-hydrogen) atoms. The minimum atomic E-state index is -0.00309. The van der Waals surface area contributed by atoms with Crippen molar-refractivity contribution in [1.29, 1.82) is 0 Å². The van der Waals surface area contributed by atoms with Gasteiger partial charge in [-0.25, -0.2) is 0 Å². The van der Waals surface area contributed by atoms with E-state index in [1.807, 2.05) is 74.5 Å². The van der Waals surface area contributed by atoms with Gasteiger partial charge in [0.2, 0.25) is 0 Å². The van der Waals surface area contributed by atoms with Gasteiger partial charge in [-0.05, 0) is 79.7 Å². The van der Waals surface area contributed by atoms with Crippen LogP contribution in [0.15, 0.2) is 72.8 Å². The molecule has 0 saturated heterocycles. The predicted molar refractivity (Wildman–Crippen MR) is 150 cm³/mol. The van der Waals surface area contributed by atoms with Gasteiger partial charge in [-0.3, -0.25) is 4.79 Å². The van der Waals surface area contributed by atoms with Crippen LogP contribution in [0.1, 0.15) is 68.1 Å². The van der Waals surface area contributed by atoms with Gasteiger partial charge >= 0.3 is 0 Å². The average Bonchev–Trinajstić information content (AvgIpc) is 2.81. The van der Waals surface area contributed by atoms with Crippen LogP contribution in [-0.4, -0.2) is 23.5 Å². The van der Waals surface area contributed by atoms with Crippen molar-refractivity contribution in [2.75, 3.05) is 11.9 Å². The van der Waals surface area contributed by atoms with E-state index in [0.717, 1.165) is 30.8 Å². The summed E-state index contributed by atoms with van der Waals surface area (Å²) < 4.78 is 5.77. The van der Waals surface area contributed by atoms with Crippen LogP contribution in [0.3, 0.4) is 0 Å². The van der Waals surface area contributed by atoms with Crippen molar-refractivity contribution >= 4 is 28.8 Å². The van der Waals surface area contributed by atoms with E-state index >= 15 is 0 Å². The van der Waals surface area contributed by atoms with Crippen molar-refractivity contribution in [2.24, 2.45) is 0 Å². The molecule has 0 aliphatic carbocycles. The first-order valence-corrected chi connectivity index (χ1v) is 12.6. The maximum atomic E-state index is 13.0. The molecule has 0 bridgehead atoms. The topological polar surface area (TPSA) is 50.4 Å². The van der Waals surface area contributed by atoms with Gasteiger partial charge in [-0.1, -0.05) is 69.3 Å². The lowest BCUT2D eigenvalue weighted by atomic mass is 9.86. The molecule has 0 aromatic heterocycles.